The molecule has 0 saturated heterocycles. The first-order valence-electron chi connectivity index (χ1n) is 10.8. The average Bonchev–Trinajstić information content (AvgIpc) is 2.65. The van der Waals surface area contributed by atoms with Gasteiger partial charge in [-0.25, -0.2) is 0 Å². The molecule has 1 aliphatic carbocycles. The minimum Gasteiger partial charge on any atom is -0.476 e. The van der Waals surface area contributed by atoms with Crippen LogP contribution in [0.2, 0.25) is 0 Å². The Morgan fingerprint density at radius 2 is 1.93 bits per heavy atom. The normalized spacial score (nSPS) is 19.1. The lowest BCUT2D eigenvalue weighted by Crippen LogP contribution is -2.53. The minimum absolute atomic E-state index is 0.00781. The molecule has 0 radical (unpaired) electrons. The number of anilines is 1. The molecule has 0 aromatic heterocycles. The van der Waals surface area contributed by atoms with E-state index in [4.69, 9.17) is 4.74 Å². The van der Waals surface area contributed by atoms with Crippen LogP contribution in [0.5, 0.6) is 5.75 Å². The molecule has 1 heterocycles. The number of benzene rings is 1. The van der Waals surface area contributed by atoms with E-state index in [0.717, 1.165) is 31.2 Å². The molecule has 3 rings (SSSR count). The Balaban J connectivity index is 2.02. The fourth-order valence-corrected chi connectivity index (χ4v) is 4.59. The van der Waals surface area contributed by atoms with Gasteiger partial charge in [-0.2, -0.15) is 0 Å². The second-order valence-electron chi connectivity index (χ2n) is 9.03. The number of hydrogen-bond donors (Lipinski definition) is 1. The van der Waals surface area contributed by atoms with Gasteiger partial charge in [-0.15, -0.1) is 0 Å². The Bertz CT molecular complexity index is 781. The van der Waals surface area contributed by atoms with Crippen molar-refractivity contribution in [1.82, 2.24) is 4.90 Å². The van der Waals surface area contributed by atoms with Crippen LogP contribution in [0.1, 0.15) is 75.7 Å². The Kier molecular flexibility index (Phi) is 6.22. The maximum absolute atomic E-state index is 13.6. The SMILES string of the molecule is Cc1cc2c(cc1C(=O)N(C(C)C)C1CCCCC1)N(CCO)C(=O)C(C)(C)O2. The first-order valence-corrected chi connectivity index (χ1v) is 10.8. The van der Waals surface area contributed by atoms with Crippen LogP contribution >= 0.6 is 0 Å². The molecule has 29 heavy (non-hydrogen) atoms. The molecule has 2 aliphatic rings. The molecule has 0 atom stereocenters. The van der Waals surface area contributed by atoms with Crippen molar-refractivity contribution in [3.63, 3.8) is 0 Å². The highest BCUT2D eigenvalue weighted by atomic mass is 16.5. The summed E-state index contributed by atoms with van der Waals surface area (Å²) in [4.78, 5) is 30.0. The largest absolute Gasteiger partial charge is 0.476 e. The lowest BCUT2D eigenvalue weighted by molar-refractivity contribution is -0.132. The summed E-state index contributed by atoms with van der Waals surface area (Å²) in [6.45, 7) is 9.50. The number of ether oxygens (including phenoxy) is 1. The van der Waals surface area contributed by atoms with Crippen molar-refractivity contribution in [1.29, 1.82) is 0 Å². The number of aliphatic hydroxyl groups excluding tert-OH is 1. The van der Waals surface area contributed by atoms with Gasteiger partial charge in [0, 0.05) is 24.2 Å². The van der Waals surface area contributed by atoms with Gasteiger partial charge in [0.25, 0.3) is 11.8 Å². The molecule has 0 bridgehead atoms. The molecule has 1 aromatic carbocycles. The highest BCUT2D eigenvalue weighted by Crippen LogP contribution is 2.40. The summed E-state index contributed by atoms with van der Waals surface area (Å²) in [5.74, 6) is 0.369. The number of aryl methyl sites for hydroxylation is 1. The maximum Gasteiger partial charge on any atom is 0.270 e. The Morgan fingerprint density at radius 1 is 1.28 bits per heavy atom. The summed E-state index contributed by atoms with van der Waals surface area (Å²) in [5, 5.41) is 9.49. The van der Waals surface area contributed by atoms with Gasteiger partial charge in [-0.3, -0.25) is 9.59 Å². The van der Waals surface area contributed by atoms with Gasteiger partial charge in [0.1, 0.15) is 5.75 Å². The standard InChI is InChI=1S/C23H34N2O4/c1-15(2)25(17-9-7-6-8-10-17)21(27)18-14-19-20(13-16(18)3)29-23(4,5)22(28)24(19)11-12-26/h13-15,17,26H,6-12H2,1-5H3. The second kappa shape index (κ2) is 8.34. The van der Waals surface area contributed by atoms with Crippen molar-refractivity contribution in [3.05, 3.63) is 23.3 Å². The van der Waals surface area contributed by atoms with Crippen molar-refractivity contribution in [2.24, 2.45) is 0 Å². The van der Waals surface area contributed by atoms with Crippen LogP contribution in [0.25, 0.3) is 0 Å². The Morgan fingerprint density at radius 3 is 2.52 bits per heavy atom. The molecule has 0 spiro atoms. The zero-order valence-electron chi connectivity index (χ0n) is 18.3. The number of β-amino-alcohol motifs (C(OH)–C–C–N with tert-alkyl or cyclic N) is 1. The topological polar surface area (TPSA) is 70.1 Å². The van der Waals surface area contributed by atoms with Gasteiger partial charge < -0.3 is 19.6 Å². The van der Waals surface area contributed by atoms with Crippen LogP contribution < -0.4 is 9.64 Å². The minimum atomic E-state index is -1.01. The molecule has 1 saturated carbocycles. The molecule has 160 valence electrons. The number of fused-ring (bicyclic) bond motifs is 1. The van der Waals surface area contributed by atoms with E-state index in [9.17, 15) is 14.7 Å². The molecule has 0 unspecified atom stereocenters. The van der Waals surface area contributed by atoms with Crippen molar-refractivity contribution in [3.8, 4) is 5.75 Å². The third kappa shape index (κ3) is 4.13. The number of rotatable bonds is 5. The Hall–Kier alpha value is -2.08. The quantitative estimate of drug-likeness (QED) is 0.816. The van der Waals surface area contributed by atoms with Gasteiger partial charge in [-0.05, 0) is 65.2 Å². The van der Waals surface area contributed by atoms with E-state index in [1.807, 2.05) is 17.9 Å². The van der Waals surface area contributed by atoms with Gasteiger partial charge in [0.15, 0.2) is 5.60 Å². The molecular weight excluding hydrogens is 368 g/mol. The second-order valence-corrected chi connectivity index (χ2v) is 9.03. The van der Waals surface area contributed by atoms with E-state index in [2.05, 4.69) is 13.8 Å². The number of hydrogen-bond acceptors (Lipinski definition) is 4. The van der Waals surface area contributed by atoms with Gasteiger partial charge in [-0.1, -0.05) is 19.3 Å². The van der Waals surface area contributed by atoms with Gasteiger partial charge in [0.05, 0.1) is 12.3 Å². The van der Waals surface area contributed by atoms with Gasteiger partial charge in [0.2, 0.25) is 0 Å². The molecule has 1 N–H and O–H groups in total. The van der Waals surface area contributed by atoms with E-state index >= 15 is 0 Å². The number of aliphatic hydroxyl groups is 1. The third-order valence-corrected chi connectivity index (χ3v) is 6.04. The third-order valence-electron chi connectivity index (χ3n) is 6.04. The first kappa shape index (κ1) is 21.6. The van der Waals surface area contributed by atoms with Crippen molar-refractivity contribution >= 4 is 17.5 Å². The zero-order valence-corrected chi connectivity index (χ0v) is 18.3. The van der Waals surface area contributed by atoms with Gasteiger partial charge >= 0.3 is 0 Å². The lowest BCUT2D eigenvalue weighted by Gasteiger charge is -2.40. The van der Waals surface area contributed by atoms with E-state index in [1.54, 1.807) is 19.9 Å². The molecule has 1 aromatic rings. The van der Waals surface area contributed by atoms with E-state index in [0.29, 0.717) is 17.0 Å². The monoisotopic (exact) mass is 402 g/mol. The van der Waals surface area contributed by atoms with Crippen LogP contribution in [0.4, 0.5) is 5.69 Å². The predicted octanol–water partition coefficient (Wildman–Crippen LogP) is 3.67. The van der Waals surface area contributed by atoms with E-state index in [-0.39, 0.29) is 37.0 Å². The van der Waals surface area contributed by atoms with Crippen LogP contribution in [-0.2, 0) is 4.79 Å². The highest BCUT2D eigenvalue weighted by Gasteiger charge is 2.41. The van der Waals surface area contributed by atoms with Crippen LogP contribution in [0, 0.1) is 6.92 Å². The fraction of sp³-hybridized carbons (Fsp3) is 0.652. The van der Waals surface area contributed by atoms with E-state index < -0.39 is 5.60 Å². The highest BCUT2D eigenvalue weighted by molar-refractivity contribution is 6.05. The number of carbonyl (C=O) groups excluding carboxylic acids is 2. The zero-order chi connectivity index (χ0) is 21.3. The van der Waals surface area contributed by atoms with Crippen molar-refractivity contribution in [2.45, 2.75) is 84.4 Å². The maximum atomic E-state index is 13.6. The summed E-state index contributed by atoms with van der Waals surface area (Å²) >= 11 is 0. The predicted molar refractivity (Wildman–Crippen MR) is 114 cm³/mol. The fourth-order valence-electron chi connectivity index (χ4n) is 4.59. The summed E-state index contributed by atoms with van der Waals surface area (Å²) in [6, 6.07) is 3.98. The molecule has 6 nitrogen and oxygen atoms in total. The molecule has 2 amide bonds. The van der Waals surface area contributed by atoms with Crippen molar-refractivity contribution < 1.29 is 19.4 Å². The summed E-state index contributed by atoms with van der Waals surface area (Å²) < 4.78 is 5.95. The number of carbonyl (C=O) groups is 2. The summed E-state index contributed by atoms with van der Waals surface area (Å²) in [5.41, 5.74) is 0.989. The average molecular weight is 403 g/mol. The van der Waals surface area contributed by atoms with Crippen LogP contribution in [-0.4, -0.2) is 52.7 Å². The van der Waals surface area contributed by atoms with Crippen LogP contribution in [0.3, 0.4) is 0 Å². The first-order chi connectivity index (χ1) is 13.7. The van der Waals surface area contributed by atoms with Crippen LogP contribution in [0.15, 0.2) is 12.1 Å². The summed E-state index contributed by atoms with van der Waals surface area (Å²) in [6.07, 6.45) is 5.64. The number of amides is 2. The van der Waals surface area contributed by atoms with E-state index in [1.165, 1.54) is 11.3 Å². The summed E-state index contributed by atoms with van der Waals surface area (Å²) in [7, 11) is 0. The molecule has 6 heteroatoms. The Labute approximate surface area is 173 Å². The molecule has 1 aliphatic heterocycles. The lowest BCUT2D eigenvalue weighted by atomic mass is 9.92. The molecular formula is C23H34N2O4. The number of nitrogens with zero attached hydrogens (tertiary/aromatic N) is 2. The smallest absolute Gasteiger partial charge is 0.270 e. The molecule has 1 fully saturated rings. The van der Waals surface area contributed by atoms with Crippen molar-refractivity contribution in [2.75, 3.05) is 18.1 Å².